The molecule has 0 aliphatic heterocycles. The van der Waals surface area contributed by atoms with Gasteiger partial charge in [-0.2, -0.15) is 10.4 Å². The topological polar surface area (TPSA) is 133 Å². The summed E-state index contributed by atoms with van der Waals surface area (Å²) in [5.74, 6) is 0. The highest BCUT2D eigenvalue weighted by Crippen LogP contribution is 2.28. The second-order valence-electron chi connectivity index (χ2n) is 6.10. The van der Waals surface area contributed by atoms with Crippen molar-refractivity contribution in [1.29, 1.82) is 5.26 Å². The Hall–Kier alpha value is -4.19. The fourth-order valence-electron chi connectivity index (χ4n) is 3.13. The van der Waals surface area contributed by atoms with Crippen molar-refractivity contribution in [3.63, 3.8) is 0 Å². The van der Waals surface area contributed by atoms with Crippen LogP contribution in [0.4, 0.5) is 10.5 Å². The maximum Gasteiger partial charge on any atom is 0.409 e. The number of aromatic nitrogens is 5. The van der Waals surface area contributed by atoms with Gasteiger partial charge in [0.05, 0.1) is 30.4 Å². The highest BCUT2D eigenvalue weighted by Gasteiger charge is 2.17. The summed E-state index contributed by atoms with van der Waals surface area (Å²) in [6.07, 6.45) is 5.84. The highest BCUT2D eigenvalue weighted by molar-refractivity contribution is 5.90. The van der Waals surface area contributed by atoms with E-state index in [-0.39, 0.29) is 12.5 Å². The molecular formula is C19H15N7O2. The van der Waals surface area contributed by atoms with E-state index in [4.69, 9.17) is 5.11 Å². The van der Waals surface area contributed by atoms with E-state index in [2.05, 4.69) is 31.4 Å². The fraction of sp³-hybridized carbons (Fsp3) is 0.105. The van der Waals surface area contributed by atoms with Crippen LogP contribution in [0.3, 0.4) is 0 Å². The van der Waals surface area contributed by atoms with Gasteiger partial charge in [0.1, 0.15) is 12.0 Å². The maximum atomic E-state index is 10.9. The molecule has 0 fully saturated rings. The molecule has 3 heterocycles. The van der Waals surface area contributed by atoms with Gasteiger partial charge in [-0.05, 0) is 23.8 Å². The van der Waals surface area contributed by atoms with E-state index in [9.17, 15) is 10.1 Å². The number of anilines is 1. The number of carboxylic acid groups (broad SMARTS) is 1. The van der Waals surface area contributed by atoms with Gasteiger partial charge in [-0.3, -0.25) is 10.00 Å². The van der Waals surface area contributed by atoms with Gasteiger partial charge in [-0.25, -0.2) is 14.8 Å². The number of hydrogen-bond acceptors (Lipinski definition) is 5. The van der Waals surface area contributed by atoms with Crippen molar-refractivity contribution in [3.05, 3.63) is 60.8 Å². The lowest BCUT2D eigenvalue weighted by Crippen LogP contribution is -2.12. The number of aromatic amines is 1. The third-order valence-electron chi connectivity index (χ3n) is 4.36. The Kier molecular flexibility index (Phi) is 4.43. The quantitative estimate of drug-likeness (QED) is 0.491. The SMILES string of the molecule is N#CCC(c1cccc(NC(=O)O)c1)n1cc(-c2ncnc3[nH]ccc23)cn1. The minimum absolute atomic E-state index is 0.182. The van der Waals surface area contributed by atoms with E-state index in [1.165, 1.54) is 6.33 Å². The highest BCUT2D eigenvalue weighted by atomic mass is 16.4. The van der Waals surface area contributed by atoms with Crippen molar-refractivity contribution in [2.45, 2.75) is 12.5 Å². The number of H-pyrrole nitrogens is 1. The standard InChI is InChI=1S/C19H15N7O2/c20-6-4-16(12-2-1-3-14(8-12)25-19(27)28)26-10-13(9-24-26)17-15-5-7-21-18(15)23-11-22-17/h1-3,5,7-11,16,25H,4H2,(H,27,28)(H,21,22,23). The third-order valence-corrected chi connectivity index (χ3v) is 4.36. The minimum Gasteiger partial charge on any atom is -0.465 e. The molecule has 9 heteroatoms. The van der Waals surface area contributed by atoms with E-state index in [0.717, 1.165) is 27.9 Å². The first-order valence-electron chi connectivity index (χ1n) is 8.45. The van der Waals surface area contributed by atoms with E-state index >= 15 is 0 Å². The molecule has 3 N–H and O–H groups in total. The molecule has 1 amide bonds. The van der Waals surface area contributed by atoms with Gasteiger partial charge < -0.3 is 10.1 Å². The molecule has 3 aromatic heterocycles. The van der Waals surface area contributed by atoms with Crippen LogP contribution in [-0.4, -0.2) is 35.9 Å². The largest absolute Gasteiger partial charge is 0.465 e. The average Bonchev–Trinajstić information content (AvgIpc) is 3.35. The Labute approximate surface area is 159 Å². The van der Waals surface area contributed by atoms with Crippen LogP contribution in [0.15, 0.2) is 55.2 Å². The lowest BCUT2D eigenvalue weighted by Gasteiger charge is -2.16. The minimum atomic E-state index is -1.14. The first-order valence-corrected chi connectivity index (χ1v) is 8.45. The second kappa shape index (κ2) is 7.20. The van der Waals surface area contributed by atoms with Crippen molar-refractivity contribution < 1.29 is 9.90 Å². The molecule has 0 radical (unpaired) electrons. The summed E-state index contributed by atoms with van der Waals surface area (Å²) < 4.78 is 1.69. The van der Waals surface area contributed by atoms with Crippen molar-refractivity contribution in [3.8, 4) is 17.3 Å². The molecule has 4 rings (SSSR count). The fourth-order valence-corrected chi connectivity index (χ4v) is 3.13. The number of amides is 1. The molecule has 28 heavy (non-hydrogen) atoms. The van der Waals surface area contributed by atoms with Crippen LogP contribution in [0.1, 0.15) is 18.0 Å². The number of fused-ring (bicyclic) bond motifs is 1. The van der Waals surface area contributed by atoms with Gasteiger partial charge in [0, 0.05) is 29.0 Å². The zero-order chi connectivity index (χ0) is 19.5. The van der Waals surface area contributed by atoms with Crippen LogP contribution >= 0.6 is 0 Å². The van der Waals surface area contributed by atoms with Gasteiger partial charge >= 0.3 is 6.09 Å². The molecule has 4 aromatic rings. The van der Waals surface area contributed by atoms with Crippen molar-refractivity contribution in [2.24, 2.45) is 0 Å². The molecule has 138 valence electrons. The van der Waals surface area contributed by atoms with Crippen LogP contribution < -0.4 is 5.32 Å². The van der Waals surface area contributed by atoms with Crippen LogP contribution in [0.5, 0.6) is 0 Å². The molecule has 0 spiro atoms. The summed E-state index contributed by atoms with van der Waals surface area (Å²) in [7, 11) is 0. The maximum absolute atomic E-state index is 10.9. The Balaban J connectivity index is 1.71. The summed E-state index contributed by atoms with van der Waals surface area (Å²) in [4.78, 5) is 22.5. The third kappa shape index (κ3) is 3.26. The molecule has 0 aliphatic carbocycles. The van der Waals surface area contributed by atoms with Gasteiger partial charge in [-0.1, -0.05) is 12.1 Å². The van der Waals surface area contributed by atoms with Gasteiger partial charge in [0.25, 0.3) is 0 Å². The normalized spacial score (nSPS) is 11.8. The summed E-state index contributed by atoms with van der Waals surface area (Å²) in [5.41, 5.74) is 3.49. The van der Waals surface area contributed by atoms with Crippen molar-refractivity contribution in [1.82, 2.24) is 24.7 Å². The number of rotatable bonds is 5. The van der Waals surface area contributed by atoms with Crippen LogP contribution in [0, 0.1) is 11.3 Å². The predicted octanol–water partition coefficient (Wildman–Crippen LogP) is 3.41. The van der Waals surface area contributed by atoms with Crippen molar-refractivity contribution in [2.75, 3.05) is 5.32 Å². The molecule has 1 atom stereocenters. The summed E-state index contributed by atoms with van der Waals surface area (Å²) >= 11 is 0. The number of benzene rings is 1. The van der Waals surface area contributed by atoms with E-state index in [0.29, 0.717) is 5.69 Å². The van der Waals surface area contributed by atoms with E-state index < -0.39 is 6.09 Å². The Bertz CT molecular complexity index is 1190. The van der Waals surface area contributed by atoms with Gasteiger partial charge in [-0.15, -0.1) is 0 Å². The summed E-state index contributed by atoms with van der Waals surface area (Å²) in [6.45, 7) is 0. The average molecular weight is 373 g/mol. The molecule has 1 unspecified atom stereocenters. The lowest BCUT2D eigenvalue weighted by atomic mass is 10.0. The lowest BCUT2D eigenvalue weighted by molar-refractivity contribution is 0.209. The number of hydrogen-bond donors (Lipinski definition) is 3. The van der Waals surface area contributed by atoms with Crippen LogP contribution in [-0.2, 0) is 0 Å². The van der Waals surface area contributed by atoms with E-state index in [1.54, 1.807) is 35.3 Å². The number of nitrogens with one attached hydrogen (secondary N) is 2. The number of nitriles is 1. The molecule has 0 saturated heterocycles. The molecule has 0 aliphatic rings. The molecule has 9 nitrogen and oxygen atoms in total. The van der Waals surface area contributed by atoms with Crippen LogP contribution in [0.2, 0.25) is 0 Å². The summed E-state index contributed by atoms with van der Waals surface area (Å²) in [5, 5.41) is 25.8. The van der Waals surface area contributed by atoms with Gasteiger partial charge in [0.2, 0.25) is 0 Å². The molecule has 1 aromatic carbocycles. The zero-order valence-corrected chi connectivity index (χ0v) is 14.6. The Morgan fingerprint density at radius 3 is 3.07 bits per heavy atom. The second-order valence-corrected chi connectivity index (χ2v) is 6.10. The van der Waals surface area contributed by atoms with Crippen molar-refractivity contribution >= 4 is 22.8 Å². The Morgan fingerprint density at radius 2 is 2.25 bits per heavy atom. The molecule has 0 saturated carbocycles. The number of carbonyl (C=O) groups is 1. The smallest absolute Gasteiger partial charge is 0.409 e. The zero-order valence-electron chi connectivity index (χ0n) is 14.6. The first-order chi connectivity index (χ1) is 13.7. The predicted molar refractivity (Wildman–Crippen MR) is 102 cm³/mol. The first kappa shape index (κ1) is 17.2. The summed E-state index contributed by atoms with van der Waals surface area (Å²) in [6, 6.07) is 10.6. The van der Waals surface area contributed by atoms with Crippen LogP contribution in [0.25, 0.3) is 22.3 Å². The molecular weight excluding hydrogens is 358 g/mol. The Morgan fingerprint density at radius 1 is 1.36 bits per heavy atom. The molecule has 0 bridgehead atoms. The monoisotopic (exact) mass is 373 g/mol. The van der Waals surface area contributed by atoms with Gasteiger partial charge in [0.15, 0.2) is 0 Å². The number of nitrogens with zero attached hydrogens (tertiary/aromatic N) is 5. The van der Waals surface area contributed by atoms with E-state index in [1.807, 2.05) is 18.3 Å².